The van der Waals surface area contributed by atoms with Gasteiger partial charge in [-0.3, -0.25) is 9.67 Å². The summed E-state index contributed by atoms with van der Waals surface area (Å²) >= 11 is 0. The van der Waals surface area contributed by atoms with E-state index < -0.39 is 11.9 Å². The highest BCUT2D eigenvalue weighted by Crippen LogP contribution is 2.27. The number of aliphatic imine (C=N–C) groups is 1. The fourth-order valence-corrected chi connectivity index (χ4v) is 3.38. The monoisotopic (exact) mass is 538 g/mol. The quantitative estimate of drug-likeness (QED) is 0.255. The predicted octanol–water partition coefficient (Wildman–Crippen LogP) is 2.40. The van der Waals surface area contributed by atoms with E-state index in [0.717, 1.165) is 44.2 Å². The lowest BCUT2D eigenvalue weighted by molar-refractivity contribution is -0.141. The van der Waals surface area contributed by atoms with E-state index in [4.69, 9.17) is 0 Å². The number of anilines is 1. The van der Waals surface area contributed by atoms with Gasteiger partial charge in [0.1, 0.15) is 5.69 Å². The molecule has 3 rings (SSSR count). The molecule has 30 heavy (non-hydrogen) atoms. The Morgan fingerprint density at radius 1 is 1.33 bits per heavy atom. The summed E-state index contributed by atoms with van der Waals surface area (Å²) in [6.07, 6.45) is 2.61. The molecule has 12 heteroatoms. The molecule has 0 radical (unpaired) electrons. The highest BCUT2D eigenvalue weighted by molar-refractivity contribution is 14.0. The second kappa shape index (κ2) is 10.8. The molecular weight excluding hydrogens is 512 g/mol. The van der Waals surface area contributed by atoms with Crippen LogP contribution in [0, 0.1) is 5.92 Å². The second-order valence-corrected chi connectivity index (χ2v) is 6.99. The zero-order valence-electron chi connectivity index (χ0n) is 16.9. The van der Waals surface area contributed by atoms with E-state index >= 15 is 0 Å². The topological polar surface area (TPSA) is 83.3 Å². The highest BCUT2D eigenvalue weighted by atomic mass is 127. The van der Waals surface area contributed by atoms with Crippen LogP contribution in [0.4, 0.5) is 19.1 Å². The van der Waals surface area contributed by atoms with Gasteiger partial charge in [0, 0.05) is 52.7 Å². The van der Waals surface area contributed by atoms with Crippen LogP contribution in [0.15, 0.2) is 29.6 Å². The molecule has 1 aliphatic rings. The van der Waals surface area contributed by atoms with Crippen molar-refractivity contribution in [2.45, 2.75) is 19.0 Å². The number of nitrogens with zero attached hydrogens (tertiary/aromatic N) is 6. The van der Waals surface area contributed by atoms with E-state index in [1.165, 1.54) is 5.56 Å². The molecule has 0 amide bonds. The van der Waals surface area contributed by atoms with Crippen LogP contribution in [0.1, 0.15) is 17.7 Å². The third-order valence-corrected chi connectivity index (χ3v) is 4.72. The first-order chi connectivity index (χ1) is 13.8. The predicted molar refractivity (Wildman–Crippen MR) is 119 cm³/mol. The van der Waals surface area contributed by atoms with Gasteiger partial charge in [0.25, 0.3) is 0 Å². The van der Waals surface area contributed by atoms with Crippen molar-refractivity contribution in [3.8, 4) is 0 Å². The van der Waals surface area contributed by atoms with Gasteiger partial charge in [0.05, 0.1) is 6.20 Å². The van der Waals surface area contributed by atoms with Crippen molar-refractivity contribution < 1.29 is 13.2 Å². The number of hydrogen-bond donors (Lipinski definition) is 2. The summed E-state index contributed by atoms with van der Waals surface area (Å²) in [5.74, 6) is 1.27. The van der Waals surface area contributed by atoms with Crippen molar-refractivity contribution in [2.24, 2.45) is 18.0 Å². The third-order valence-electron chi connectivity index (χ3n) is 4.72. The number of aromatic nitrogens is 4. The first-order valence-electron chi connectivity index (χ1n) is 9.42. The Morgan fingerprint density at radius 3 is 2.80 bits per heavy atom. The van der Waals surface area contributed by atoms with Gasteiger partial charge in [0.15, 0.2) is 5.96 Å². The smallest absolute Gasteiger partial charge is 0.354 e. The van der Waals surface area contributed by atoms with Gasteiger partial charge in [-0.05, 0) is 30.4 Å². The summed E-state index contributed by atoms with van der Waals surface area (Å²) in [5.41, 5.74) is 0.267. The Bertz CT molecular complexity index is 839. The summed E-state index contributed by atoms with van der Waals surface area (Å²) in [6.45, 7) is 2.66. The van der Waals surface area contributed by atoms with Crippen molar-refractivity contribution in [3.05, 3.63) is 35.9 Å². The van der Waals surface area contributed by atoms with Crippen LogP contribution in [0.3, 0.4) is 0 Å². The normalized spacial score (nSPS) is 17.0. The Hall–Kier alpha value is -2.12. The minimum absolute atomic E-state index is 0. The Kier molecular flexibility index (Phi) is 8.67. The van der Waals surface area contributed by atoms with E-state index in [2.05, 4.69) is 35.6 Å². The summed E-state index contributed by atoms with van der Waals surface area (Å²) in [7, 11) is 3.63. The molecule has 3 heterocycles. The van der Waals surface area contributed by atoms with Crippen LogP contribution < -0.4 is 10.6 Å². The molecule has 1 atom stereocenters. The fraction of sp³-hybridized carbons (Fsp3) is 0.556. The van der Waals surface area contributed by atoms with E-state index in [0.29, 0.717) is 19.0 Å². The zero-order valence-corrected chi connectivity index (χ0v) is 19.2. The fourth-order valence-electron chi connectivity index (χ4n) is 3.38. The third kappa shape index (κ3) is 6.71. The van der Waals surface area contributed by atoms with Crippen LogP contribution in [-0.2, 0) is 19.6 Å². The zero-order chi connectivity index (χ0) is 20.9. The number of hydrogen-bond acceptors (Lipinski definition) is 5. The summed E-state index contributed by atoms with van der Waals surface area (Å²) in [6, 6.07) is 0.848. The maximum Gasteiger partial charge on any atom is 0.433 e. The molecule has 2 aromatic heterocycles. The van der Waals surface area contributed by atoms with Gasteiger partial charge in [-0.15, -0.1) is 24.0 Å². The van der Waals surface area contributed by atoms with Crippen molar-refractivity contribution in [1.29, 1.82) is 0 Å². The molecule has 0 spiro atoms. The molecule has 0 aliphatic carbocycles. The minimum Gasteiger partial charge on any atom is -0.354 e. The van der Waals surface area contributed by atoms with E-state index in [-0.39, 0.29) is 29.9 Å². The molecule has 1 saturated heterocycles. The van der Waals surface area contributed by atoms with E-state index in [9.17, 15) is 13.2 Å². The molecule has 2 aromatic rings. The molecule has 1 aliphatic heterocycles. The first kappa shape index (κ1) is 24.2. The molecule has 1 fully saturated rings. The molecule has 8 nitrogen and oxygen atoms in total. The van der Waals surface area contributed by atoms with Gasteiger partial charge in [-0.25, -0.2) is 9.97 Å². The average molecular weight is 538 g/mol. The van der Waals surface area contributed by atoms with Crippen LogP contribution >= 0.6 is 24.0 Å². The molecule has 0 aromatic carbocycles. The van der Waals surface area contributed by atoms with Crippen LogP contribution in [0.2, 0.25) is 0 Å². The van der Waals surface area contributed by atoms with Crippen LogP contribution in [0.5, 0.6) is 0 Å². The molecule has 0 saturated carbocycles. The number of aryl methyl sites for hydroxylation is 1. The van der Waals surface area contributed by atoms with E-state index in [1.54, 1.807) is 7.05 Å². The highest BCUT2D eigenvalue weighted by Gasteiger charge is 2.32. The number of rotatable bonds is 6. The summed E-state index contributed by atoms with van der Waals surface area (Å²) < 4.78 is 39.9. The van der Waals surface area contributed by atoms with Crippen LogP contribution in [0.25, 0.3) is 0 Å². The Balaban J connectivity index is 0.00000320. The van der Waals surface area contributed by atoms with E-state index in [1.807, 2.05) is 24.1 Å². The first-order valence-corrected chi connectivity index (χ1v) is 9.42. The Labute approximate surface area is 190 Å². The van der Waals surface area contributed by atoms with Crippen molar-refractivity contribution in [3.63, 3.8) is 0 Å². The van der Waals surface area contributed by atoms with Crippen molar-refractivity contribution >= 4 is 35.9 Å². The average Bonchev–Trinajstić information content (AvgIpc) is 3.31. The molecule has 0 bridgehead atoms. The number of halogens is 4. The minimum atomic E-state index is -4.48. The number of nitrogens with one attached hydrogen (secondary N) is 2. The van der Waals surface area contributed by atoms with Crippen LogP contribution in [-0.4, -0.2) is 63.8 Å². The lowest BCUT2D eigenvalue weighted by Crippen LogP contribution is -2.42. The lowest BCUT2D eigenvalue weighted by atomic mass is 10.0. The van der Waals surface area contributed by atoms with Crippen molar-refractivity contribution in [2.75, 3.05) is 38.5 Å². The summed E-state index contributed by atoms with van der Waals surface area (Å²) in [5, 5.41) is 10.2. The number of alkyl halides is 3. The lowest BCUT2D eigenvalue weighted by Gasteiger charge is -2.21. The summed E-state index contributed by atoms with van der Waals surface area (Å²) in [4.78, 5) is 13.8. The SMILES string of the molecule is CN=C(NCCNc1nccc(C(F)(F)F)n1)N1CCC(Cc2cnn(C)c2)C1.I. The van der Waals surface area contributed by atoms with Crippen molar-refractivity contribution in [1.82, 2.24) is 30.0 Å². The second-order valence-electron chi connectivity index (χ2n) is 6.99. The largest absolute Gasteiger partial charge is 0.433 e. The molecule has 166 valence electrons. The molecular formula is C18H26F3IN8. The van der Waals surface area contributed by atoms with Gasteiger partial charge >= 0.3 is 6.18 Å². The van der Waals surface area contributed by atoms with Gasteiger partial charge in [-0.2, -0.15) is 18.3 Å². The molecule has 2 N–H and O–H groups in total. The standard InChI is InChI=1S/C18H25F3N8.HI/c1-22-17(29-8-4-13(12-29)9-14-10-26-28(2)11-14)25-7-6-24-16-23-5-3-15(27-16)18(19,20)21;/h3,5,10-11,13H,4,6-9,12H2,1-2H3,(H,22,25)(H,23,24,27);1H. The Morgan fingerprint density at radius 2 is 2.13 bits per heavy atom. The van der Waals surface area contributed by atoms with Gasteiger partial charge < -0.3 is 15.5 Å². The number of likely N-dealkylation sites (tertiary alicyclic amines) is 1. The molecule has 1 unspecified atom stereocenters. The van der Waals surface area contributed by atoms with Gasteiger partial charge in [-0.1, -0.05) is 0 Å². The van der Waals surface area contributed by atoms with Gasteiger partial charge in [0.2, 0.25) is 5.95 Å². The maximum atomic E-state index is 12.7. The number of guanidine groups is 1. The maximum absolute atomic E-state index is 12.7.